The van der Waals surface area contributed by atoms with E-state index in [1.165, 1.54) is 9.21 Å². The molecule has 2 unspecified atom stereocenters. The van der Waals surface area contributed by atoms with Gasteiger partial charge in [0.1, 0.15) is 5.92 Å². The molecule has 2 heterocycles. The van der Waals surface area contributed by atoms with E-state index in [1.807, 2.05) is 0 Å². The number of hydrogen-bond acceptors (Lipinski definition) is 4. The molecule has 1 aromatic rings. The van der Waals surface area contributed by atoms with Crippen LogP contribution in [0, 0.1) is 5.92 Å². The van der Waals surface area contributed by atoms with Gasteiger partial charge in [-0.25, -0.2) is 12.7 Å². The highest BCUT2D eigenvalue weighted by Crippen LogP contribution is 2.38. The number of aliphatic carboxylic acids is 1. The minimum Gasteiger partial charge on any atom is -0.481 e. The van der Waals surface area contributed by atoms with Gasteiger partial charge in [-0.2, -0.15) is 0 Å². The lowest BCUT2D eigenvalue weighted by atomic mass is 9.98. The molecule has 0 spiro atoms. The molecule has 2 aliphatic rings. The number of carboxylic acid groups (broad SMARTS) is 1. The molecule has 0 saturated carbocycles. The Kier molecular flexibility index (Phi) is 4.83. The lowest BCUT2D eigenvalue weighted by Gasteiger charge is -2.33. The van der Waals surface area contributed by atoms with Crippen molar-refractivity contribution in [1.29, 1.82) is 0 Å². The second-order valence-electron chi connectivity index (χ2n) is 6.50. The Hall–Kier alpha value is -1.93. The summed E-state index contributed by atoms with van der Waals surface area (Å²) in [4.78, 5) is 26.0. The van der Waals surface area contributed by atoms with E-state index >= 15 is 0 Å². The van der Waals surface area contributed by atoms with Gasteiger partial charge in [-0.15, -0.1) is 0 Å². The Balaban J connectivity index is 1.83. The summed E-state index contributed by atoms with van der Waals surface area (Å²) < 4.78 is 25.6. The molecule has 2 atom stereocenters. The number of anilines is 1. The van der Waals surface area contributed by atoms with Crippen LogP contribution in [0.4, 0.5) is 5.69 Å². The predicted molar refractivity (Wildman–Crippen MR) is 92.9 cm³/mol. The van der Waals surface area contributed by atoms with Crippen molar-refractivity contribution in [3.8, 4) is 0 Å². The van der Waals surface area contributed by atoms with Crippen molar-refractivity contribution < 1.29 is 23.1 Å². The van der Waals surface area contributed by atoms with Gasteiger partial charge in [-0.3, -0.25) is 9.59 Å². The van der Waals surface area contributed by atoms with Crippen molar-refractivity contribution in [3.63, 3.8) is 0 Å². The summed E-state index contributed by atoms with van der Waals surface area (Å²) >= 11 is 0. The molecule has 1 saturated heterocycles. The fourth-order valence-corrected chi connectivity index (χ4v) is 4.81. The van der Waals surface area contributed by atoms with Gasteiger partial charge in [0.05, 0.1) is 11.7 Å². The number of amides is 1. The van der Waals surface area contributed by atoms with E-state index < -0.39 is 27.8 Å². The van der Waals surface area contributed by atoms with Crippen molar-refractivity contribution in [1.82, 2.24) is 4.31 Å². The Morgan fingerprint density at radius 1 is 1.24 bits per heavy atom. The van der Waals surface area contributed by atoms with E-state index in [4.69, 9.17) is 0 Å². The molecule has 136 valence electrons. The molecule has 1 fully saturated rings. The van der Waals surface area contributed by atoms with Gasteiger partial charge in [-0.05, 0) is 31.4 Å². The molecule has 3 rings (SSSR count). The minimum absolute atomic E-state index is 0.0154. The van der Waals surface area contributed by atoms with Crippen LogP contribution in [0.5, 0.6) is 0 Å². The zero-order chi connectivity index (χ0) is 18.2. The largest absolute Gasteiger partial charge is 0.481 e. The van der Waals surface area contributed by atoms with Crippen LogP contribution in [-0.2, 0) is 19.6 Å². The first-order chi connectivity index (χ1) is 11.8. The van der Waals surface area contributed by atoms with Crippen LogP contribution in [0.3, 0.4) is 0 Å². The minimum atomic E-state index is -3.33. The fourth-order valence-electron chi connectivity index (χ4n) is 3.63. The van der Waals surface area contributed by atoms with Crippen LogP contribution in [0.1, 0.15) is 31.2 Å². The van der Waals surface area contributed by atoms with E-state index in [2.05, 4.69) is 0 Å². The quantitative estimate of drug-likeness (QED) is 0.866. The summed E-state index contributed by atoms with van der Waals surface area (Å²) in [7, 11) is -3.33. The Morgan fingerprint density at radius 2 is 1.96 bits per heavy atom. The number of sulfonamides is 1. The third kappa shape index (κ3) is 3.28. The smallest absolute Gasteiger partial charge is 0.312 e. The van der Waals surface area contributed by atoms with Crippen molar-refractivity contribution in [3.05, 3.63) is 29.8 Å². The highest BCUT2D eigenvalue weighted by atomic mass is 32.2. The summed E-state index contributed by atoms with van der Waals surface area (Å²) in [6.07, 6.45) is 1.25. The summed E-state index contributed by atoms with van der Waals surface area (Å²) in [6, 6.07) is 7.02. The van der Waals surface area contributed by atoms with E-state index in [9.17, 15) is 23.1 Å². The van der Waals surface area contributed by atoms with Crippen LogP contribution in [0.25, 0.3) is 0 Å². The maximum atomic E-state index is 13.0. The Labute approximate surface area is 147 Å². The summed E-state index contributed by atoms with van der Waals surface area (Å²) in [6.45, 7) is 2.30. The molecule has 8 heteroatoms. The third-order valence-electron chi connectivity index (χ3n) is 5.02. The van der Waals surface area contributed by atoms with Crippen molar-refractivity contribution >= 4 is 27.6 Å². The van der Waals surface area contributed by atoms with E-state index in [-0.39, 0.29) is 24.7 Å². The second-order valence-corrected chi connectivity index (χ2v) is 8.75. The molecule has 2 aliphatic heterocycles. The van der Waals surface area contributed by atoms with E-state index in [1.54, 1.807) is 31.2 Å². The zero-order valence-electron chi connectivity index (χ0n) is 14.1. The molecule has 0 bridgehead atoms. The van der Waals surface area contributed by atoms with Crippen LogP contribution < -0.4 is 4.90 Å². The van der Waals surface area contributed by atoms with Crippen molar-refractivity contribution in [2.75, 3.05) is 30.3 Å². The van der Waals surface area contributed by atoms with Crippen molar-refractivity contribution in [2.45, 2.75) is 25.7 Å². The van der Waals surface area contributed by atoms with E-state index in [0.717, 1.165) is 0 Å². The molecule has 0 aliphatic carbocycles. The first-order valence-corrected chi connectivity index (χ1v) is 10.1. The monoisotopic (exact) mass is 366 g/mol. The average Bonchev–Trinajstić information content (AvgIpc) is 3.01. The number of carbonyl (C=O) groups is 2. The van der Waals surface area contributed by atoms with Gasteiger partial charge in [0.25, 0.3) is 0 Å². The molecule has 1 N–H and O–H groups in total. The maximum absolute atomic E-state index is 13.0. The van der Waals surface area contributed by atoms with Gasteiger partial charge >= 0.3 is 5.97 Å². The van der Waals surface area contributed by atoms with Gasteiger partial charge in [0.2, 0.25) is 15.9 Å². The van der Waals surface area contributed by atoms with Gasteiger partial charge in [0, 0.05) is 25.3 Å². The number of hydrogen-bond donors (Lipinski definition) is 1. The number of rotatable bonds is 4. The molecular weight excluding hydrogens is 344 g/mol. The van der Waals surface area contributed by atoms with Crippen LogP contribution >= 0.6 is 0 Å². The average molecular weight is 366 g/mol. The Bertz CT molecular complexity index is 792. The molecule has 1 amide bonds. The number of nitrogens with zero attached hydrogens (tertiary/aromatic N) is 2. The van der Waals surface area contributed by atoms with Gasteiger partial charge in [0.15, 0.2) is 0 Å². The topological polar surface area (TPSA) is 95.0 Å². The number of para-hydroxylation sites is 1. The molecule has 0 aromatic heterocycles. The number of benzene rings is 1. The summed E-state index contributed by atoms with van der Waals surface area (Å²) in [5.74, 6) is -2.30. The first kappa shape index (κ1) is 17.9. The summed E-state index contributed by atoms with van der Waals surface area (Å²) in [5.41, 5.74) is 1.26. The zero-order valence-corrected chi connectivity index (χ0v) is 14.9. The second kappa shape index (κ2) is 6.76. The standard InChI is InChI=1S/C17H22N2O5S/c1-2-25(23,24)18-9-5-6-12(10-18)16(20)19-11-14(17(21)22)13-7-3-4-8-15(13)19/h3-4,7-8,12,14H,2,5-6,9-11H2,1H3,(H,21,22). The highest BCUT2D eigenvalue weighted by Gasteiger charge is 2.40. The van der Waals surface area contributed by atoms with Gasteiger partial charge < -0.3 is 10.0 Å². The lowest BCUT2D eigenvalue weighted by Crippen LogP contribution is -2.47. The Morgan fingerprint density at radius 3 is 2.64 bits per heavy atom. The fraction of sp³-hybridized carbons (Fsp3) is 0.529. The molecular formula is C17H22N2O5S. The summed E-state index contributed by atoms with van der Waals surface area (Å²) in [5, 5.41) is 9.43. The van der Waals surface area contributed by atoms with Crippen LogP contribution in [0.15, 0.2) is 24.3 Å². The predicted octanol–water partition coefficient (Wildman–Crippen LogP) is 1.26. The molecule has 7 nitrogen and oxygen atoms in total. The maximum Gasteiger partial charge on any atom is 0.312 e. The molecule has 0 radical (unpaired) electrons. The van der Waals surface area contributed by atoms with Gasteiger partial charge in [-0.1, -0.05) is 18.2 Å². The number of carbonyl (C=O) groups excluding carboxylic acids is 1. The van der Waals surface area contributed by atoms with E-state index in [0.29, 0.717) is 30.6 Å². The number of fused-ring (bicyclic) bond motifs is 1. The molecule has 25 heavy (non-hydrogen) atoms. The van der Waals surface area contributed by atoms with Crippen molar-refractivity contribution in [2.24, 2.45) is 5.92 Å². The third-order valence-corrected chi connectivity index (χ3v) is 6.87. The number of piperidine rings is 1. The molecule has 1 aromatic carbocycles. The first-order valence-electron chi connectivity index (χ1n) is 8.46. The van der Waals surface area contributed by atoms with Crippen LogP contribution in [0.2, 0.25) is 0 Å². The lowest BCUT2D eigenvalue weighted by molar-refractivity contribution is -0.138. The SMILES string of the molecule is CCS(=O)(=O)N1CCCC(C(=O)N2CC(C(=O)O)c3ccccc32)C1. The number of carboxylic acids is 1. The normalized spacial score (nSPS) is 24.1. The highest BCUT2D eigenvalue weighted by molar-refractivity contribution is 7.89. The van der Waals surface area contributed by atoms with Crippen LogP contribution in [-0.4, -0.2) is 55.1 Å².